The van der Waals surface area contributed by atoms with Gasteiger partial charge in [0.15, 0.2) is 0 Å². The molecule has 134 valence electrons. The average Bonchev–Trinajstić information content (AvgIpc) is 2.92. The minimum Gasteiger partial charge on any atom is -0.353 e. The van der Waals surface area contributed by atoms with Gasteiger partial charge in [0.2, 0.25) is 5.91 Å². The van der Waals surface area contributed by atoms with Crippen molar-refractivity contribution in [3.8, 4) is 0 Å². The lowest BCUT2D eigenvalue weighted by atomic mass is 9.67. The van der Waals surface area contributed by atoms with E-state index >= 15 is 0 Å². The first-order valence-corrected chi connectivity index (χ1v) is 8.50. The summed E-state index contributed by atoms with van der Waals surface area (Å²) in [6.07, 6.45) is 1.44. The second-order valence-corrected chi connectivity index (χ2v) is 7.31. The maximum absolute atomic E-state index is 12.9. The van der Waals surface area contributed by atoms with Gasteiger partial charge in [0.25, 0.3) is 0 Å². The second-order valence-electron chi connectivity index (χ2n) is 7.31. The minimum atomic E-state index is -4.13. The molecule has 2 saturated carbocycles. The molecule has 3 rings (SSSR count). The van der Waals surface area contributed by atoms with Crippen LogP contribution in [0.15, 0.2) is 0 Å². The minimum absolute atomic E-state index is 0. The van der Waals surface area contributed by atoms with Gasteiger partial charge >= 0.3 is 6.18 Å². The van der Waals surface area contributed by atoms with Gasteiger partial charge in [-0.1, -0.05) is 19.3 Å². The van der Waals surface area contributed by atoms with E-state index < -0.39 is 12.1 Å². The van der Waals surface area contributed by atoms with E-state index in [0.717, 1.165) is 32.2 Å². The Labute approximate surface area is 141 Å². The Kier molecular flexibility index (Phi) is 5.88. The topological polar surface area (TPSA) is 41.1 Å². The maximum Gasteiger partial charge on any atom is 0.391 e. The predicted octanol–water partition coefficient (Wildman–Crippen LogP) is 3.43. The third-order valence-corrected chi connectivity index (χ3v) is 5.96. The Hall–Kier alpha value is -0.490. The van der Waals surface area contributed by atoms with Crippen molar-refractivity contribution in [2.45, 2.75) is 63.6 Å². The molecule has 1 amide bonds. The molecule has 1 heterocycles. The molecule has 2 aliphatic carbocycles. The van der Waals surface area contributed by atoms with Crippen LogP contribution in [0.3, 0.4) is 0 Å². The van der Waals surface area contributed by atoms with E-state index in [0.29, 0.717) is 25.3 Å². The quantitative estimate of drug-likeness (QED) is 0.797. The number of halogens is 4. The van der Waals surface area contributed by atoms with Crippen molar-refractivity contribution in [3.05, 3.63) is 0 Å². The highest BCUT2D eigenvalue weighted by Crippen LogP contribution is 2.44. The zero-order chi connectivity index (χ0) is 15.8. The number of nitrogens with one attached hydrogen (secondary N) is 2. The molecule has 1 aliphatic heterocycles. The van der Waals surface area contributed by atoms with Gasteiger partial charge in [-0.3, -0.25) is 4.79 Å². The molecule has 0 aromatic carbocycles. The summed E-state index contributed by atoms with van der Waals surface area (Å²) in [6.45, 7) is 1.54. The Bertz CT molecular complexity index is 432. The average molecular weight is 355 g/mol. The fourth-order valence-electron chi connectivity index (χ4n) is 4.64. The van der Waals surface area contributed by atoms with Crippen LogP contribution < -0.4 is 10.6 Å². The van der Waals surface area contributed by atoms with Gasteiger partial charge in [0.1, 0.15) is 0 Å². The predicted molar refractivity (Wildman–Crippen MR) is 84.5 cm³/mol. The first-order valence-electron chi connectivity index (χ1n) is 8.50. The van der Waals surface area contributed by atoms with Gasteiger partial charge in [-0.05, 0) is 44.6 Å². The van der Waals surface area contributed by atoms with Gasteiger partial charge in [-0.2, -0.15) is 13.2 Å². The Morgan fingerprint density at radius 1 is 1.13 bits per heavy atom. The van der Waals surface area contributed by atoms with Crippen LogP contribution in [0, 0.1) is 17.3 Å². The lowest BCUT2D eigenvalue weighted by Gasteiger charge is -2.39. The molecule has 0 spiro atoms. The Morgan fingerprint density at radius 3 is 2.65 bits per heavy atom. The van der Waals surface area contributed by atoms with Gasteiger partial charge < -0.3 is 10.6 Å². The molecule has 4 atom stereocenters. The zero-order valence-corrected chi connectivity index (χ0v) is 14.1. The normalized spacial score (nSPS) is 37.6. The first kappa shape index (κ1) is 18.8. The summed E-state index contributed by atoms with van der Waals surface area (Å²) in [5, 5.41) is 6.29. The molecule has 0 aromatic rings. The molecule has 0 bridgehead atoms. The smallest absolute Gasteiger partial charge is 0.353 e. The SMILES string of the molecule is Cl.O=C(NC1CCCC(C(F)(F)F)C1)[C@@]12CCCC[C@H]1CNC2. The summed E-state index contributed by atoms with van der Waals surface area (Å²) in [5.74, 6) is -0.911. The van der Waals surface area contributed by atoms with Crippen molar-refractivity contribution in [2.24, 2.45) is 17.3 Å². The largest absolute Gasteiger partial charge is 0.391 e. The zero-order valence-electron chi connectivity index (χ0n) is 13.3. The van der Waals surface area contributed by atoms with Crippen molar-refractivity contribution in [1.29, 1.82) is 0 Å². The standard InChI is InChI=1S/C16H25F3N2O.ClH/c17-16(18,19)11-5-3-6-13(8-11)21-14(22)15-7-2-1-4-12(15)9-20-10-15;/h11-13,20H,1-10H2,(H,21,22);1H/t11?,12-,13?,15+;/m0./s1. The summed E-state index contributed by atoms with van der Waals surface area (Å²) in [6, 6.07) is -0.314. The highest BCUT2D eigenvalue weighted by atomic mass is 35.5. The van der Waals surface area contributed by atoms with E-state index in [1.54, 1.807) is 0 Å². The molecule has 3 aliphatic rings. The molecular weight excluding hydrogens is 329 g/mol. The summed E-state index contributed by atoms with van der Waals surface area (Å²) in [5.41, 5.74) is -0.372. The molecule has 7 heteroatoms. The molecule has 2 N–H and O–H groups in total. The second kappa shape index (κ2) is 7.18. The lowest BCUT2D eigenvalue weighted by molar-refractivity contribution is -0.184. The Balaban J connectivity index is 0.00000192. The molecule has 23 heavy (non-hydrogen) atoms. The molecule has 2 unspecified atom stereocenters. The number of carbonyl (C=O) groups excluding carboxylic acids is 1. The fourth-order valence-corrected chi connectivity index (χ4v) is 4.64. The summed E-state index contributed by atoms with van der Waals surface area (Å²) in [7, 11) is 0. The number of amides is 1. The van der Waals surface area contributed by atoms with Crippen molar-refractivity contribution in [2.75, 3.05) is 13.1 Å². The third kappa shape index (κ3) is 3.78. The Morgan fingerprint density at radius 2 is 1.91 bits per heavy atom. The summed E-state index contributed by atoms with van der Waals surface area (Å²) >= 11 is 0. The van der Waals surface area contributed by atoms with Gasteiger partial charge in [-0.25, -0.2) is 0 Å². The van der Waals surface area contributed by atoms with Gasteiger partial charge in [-0.15, -0.1) is 12.4 Å². The number of hydrogen-bond donors (Lipinski definition) is 2. The van der Waals surface area contributed by atoms with Crippen LogP contribution in [-0.4, -0.2) is 31.2 Å². The monoisotopic (exact) mass is 354 g/mol. The maximum atomic E-state index is 12.9. The number of carbonyl (C=O) groups is 1. The van der Waals surface area contributed by atoms with E-state index in [1.165, 1.54) is 0 Å². The lowest BCUT2D eigenvalue weighted by Crippen LogP contribution is -2.52. The molecule has 3 fully saturated rings. The van der Waals surface area contributed by atoms with Crippen molar-refractivity contribution >= 4 is 18.3 Å². The number of hydrogen-bond acceptors (Lipinski definition) is 2. The van der Waals surface area contributed by atoms with E-state index in [9.17, 15) is 18.0 Å². The van der Waals surface area contributed by atoms with Crippen LogP contribution in [0.4, 0.5) is 13.2 Å². The van der Waals surface area contributed by atoms with E-state index in [2.05, 4.69) is 10.6 Å². The first-order chi connectivity index (χ1) is 10.4. The number of fused-ring (bicyclic) bond motifs is 1. The van der Waals surface area contributed by atoms with E-state index in [1.807, 2.05) is 0 Å². The van der Waals surface area contributed by atoms with Crippen LogP contribution in [0.25, 0.3) is 0 Å². The fraction of sp³-hybridized carbons (Fsp3) is 0.938. The molecule has 0 aromatic heterocycles. The molecule has 1 saturated heterocycles. The van der Waals surface area contributed by atoms with Crippen molar-refractivity contribution < 1.29 is 18.0 Å². The highest BCUT2D eigenvalue weighted by molar-refractivity contribution is 5.85. The van der Waals surface area contributed by atoms with Crippen LogP contribution in [0.1, 0.15) is 51.4 Å². The number of alkyl halides is 3. The van der Waals surface area contributed by atoms with Gasteiger partial charge in [0, 0.05) is 12.6 Å². The van der Waals surface area contributed by atoms with Crippen LogP contribution in [-0.2, 0) is 4.79 Å². The summed E-state index contributed by atoms with van der Waals surface area (Å²) < 4.78 is 38.7. The third-order valence-electron chi connectivity index (χ3n) is 5.96. The van der Waals surface area contributed by atoms with E-state index in [-0.39, 0.29) is 42.6 Å². The highest BCUT2D eigenvalue weighted by Gasteiger charge is 2.50. The van der Waals surface area contributed by atoms with Crippen LogP contribution in [0.5, 0.6) is 0 Å². The van der Waals surface area contributed by atoms with Crippen LogP contribution >= 0.6 is 12.4 Å². The summed E-state index contributed by atoms with van der Waals surface area (Å²) in [4.78, 5) is 12.8. The number of rotatable bonds is 2. The van der Waals surface area contributed by atoms with Gasteiger partial charge in [0.05, 0.1) is 11.3 Å². The molecule has 3 nitrogen and oxygen atoms in total. The molecular formula is C16H26ClF3N2O. The van der Waals surface area contributed by atoms with Crippen molar-refractivity contribution in [1.82, 2.24) is 10.6 Å². The van der Waals surface area contributed by atoms with Crippen LogP contribution in [0.2, 0.25) is 0 Å². The molecule has 0 radical (unpaired) electrons. The van der Waals surface area contributed by atoms with Crippen molar-refractivity contribution in [3.63, 3.8) is 0 Å². The van der Waals surface area contributed by atoms with E-state index in [4.69, 9.17) is 0 Å².